The second kappa shape index (κ2) is 4.51. The quantitative estimate of drug-likeness (QED) is 0.874. The van der Waals surface area contributed by atoms with E-state index in [2.05, 4.69) is 10.3 Å². The number of aromatic nitrogens is 1. The molecule has 5 nitrogen and oxygen atoms in total. The molecule has 0 aromatic carbocycles. The minimum atomic E-state index is -0.877. The molecule has 0 radical (unpaired) electrons. The number of carbonyl (C=O) groups is 1. The predicted molar refractivity (Wildman–Crippen MR) is 78.6 cm³/mol. The fourth-order valence-electron chi connectivity index (χ4n) is 3.65. The lowest BCUT2D eigenvalue weighted by molar-refractivity contribution is -0.222. The van der Waals surface area contributed by atoms with E-state index in [1.165, 1.54) is 11.3 Å². The molecule has 1 aromatic heterocycles. The van der Waals surface area contributed by atoms with Crippen LogP contribution in [0.5, 0.6) is 0 Å². The molecule has 20 heavy (non-hydrogen) atoms. The number of aryl methyl sites for hydroxylation is 1. The largest absolute Gasteiger partial charge is 0.377 e. The van der Waals surface area contributed by atoms with Crippen molar-refractivity contribution in [2.24, 2.45) is 17.1 Å². The van der Waals surface area contributed by atoms with Crippen LogP contribution in [-0.2, 0) is 9.53 Å². The van der Waals surface area contributed by atoms with E-state index in [-0.39, 0.29) is 23.3 Å². The monoisotopic (exact) mass is 295 g/mol. The van der Waals surface area contributed by atoms with Crippen LogP contribution in [0.15, 0.2) is 6.20 Å². The van der Waals surface area contributed by atoms with Gasteiger partial charge in [-0.3, -0.25) is 4.79 Å². The zero-order chi connectivity index (χ0) is 14.5. The minimum Gasteiger partial charge on any atom is -0.377 e. The summed E-state index contributed by atoms with van der Waals surface area (Å²) in [5.41, 5.74) is 5.29. The van der Waals surface area contributed by atoms with E-state index in [0.717, 1.165) is 24.3 Å². The second-order valence-corrected chi connectivity index (χ2v) is 7.60. The van der Waals surface area contributed by atoms with Crippen LogP contribution < -0.4 is 11.1 Å². The summed E-state index contributed by atoms with van der Waals surface area (Å²) >= 11 is 1.47. The summed E-state index contributed by atoms with van der Waals surface area (Å²) in [5, 5.41) is 3.50. The molecule has 2 fully saturated rings. The van der Waals surface area contributed by atoms with Crippen molar-refractivity contribution in [2.75, 3.05) is 11.9 Å². The van der Waals surface area contributed by atoms with Crippen molar-refractivity contribution in [2.45, 2.75) is 45.3 Å². The van der Waals surface area contributed by atoms with Crippen molar-refractivity contribution in [1.82, 2.24) is 4.98 Å². The molecule has 3 atom stereocenters. The Hall–Kier alpha value is -0.980. The van der Waals surface area contributed by atoms with Gasteiger partial charge in [-0.2, -0.15) is 0 Å². The molecule has 0 bridgehead atoms. The van der Waals surface area contributed by atoms with Crippen molar-refractivity contribution >= 4 is 22.4 Å². The molecule has 1 aromatic rings. The molecule has 1 aliphatic heterocycles. The number of hydrogen-bond acceptors (Lipinski definition) is 5. The Bertz CT molecular complexity index is 542. The van der Waals surface area contributed by atoms with Crippen LogP contribution in [0.25, 0.3) is 0 Å². The molecule has 1 amide bonds. The lowest BCUT2D eigenvalue weighted by atomic mass is 9.46. The zero-order valence-corrected chi connectivity index (χ0v) is 12.9. The molecule has 6 heteroatoms. The first kappa shape index (κ1) is 14.0. The van der Waals surface area contributed by atoms with Gasteiger partial charge in [0.05, 0.1) is 6.10 Å². The number of thiazole rings is 1. The summed E-state index contributed by atoms with van der Waals surface area (Å²) < 4.78 is 5.82. The molecule has 3 unspecified atom stereocenters. The van der Waals surface area contributed by atoms with Crippen molar-refractivity contribution in [3.05, 3.63) is 11.1 Å². The van der Waals surface area contributed by atoms with E-state index < -0.39 is 5.54 Å². The van der Waals surface area contributed by atoms with E-state index in [4.69, 9.17) is 10.5 Å². The normalized spacial score (nSPS) is 35.0. The summed E-state index contributed by atoms with van der Waals surface area (Å²) in [6, 6.07) is 0. The Morgan fingerprint density at radius 1 is 1.60 bits per heavy atom. The average molecular weight is 295 g/mol. The third kappa shape index (κ3) is 1.75. The molecule has 110 valence electrons. The number of nitrogens with one attached hydrogen (secondary N) is 1. The van der Waals surface area contributed by atoms with E-state index in [1.807, 2.05) is 20.8 Å². The maximum atomic E-state index is 12.7. The van der Waals surface area contributed by atoms with Crippen LogP contribution in [0.4, 0.5) is 5.13 Å². The van der Waals surface area contributed by atoms with Crippen LogP contribution in [0.2, 0.25) is 0 Å². The first-order valence-electron chi connectivity index (χ1n) is 7.01. The van der Waals surface area contributed by atoms with Crippen molar-refractivity contribution < 1.29 is 9.53 Å². The fraction of sp³-hybridized carbons (Fsp3) is 0.714. The predicted octanol–water partition coefficient (Wildman–Crippen LogP) is 1.92. The van der Waals surface area contributed by atoms with Crippen molar-refractivity contribution in [3.8, 4) is 0 Å². The SMILES string of the molecule is Cc1cnc(NC(=O)C2(N)C3CCCOC3C2(C)C)s1. The number of nitrogens with zero attached hydrogens (tertiary/aromatic N) is 1. The maximum absolute atomic E-state index is 12.7. The molecular formula is C14H21N3O2S. The van der Waals surface area contributed by atoms with Gasteiger partial charge in [0, 0.05) is 29.0 Å². The third-order valence-corrected chi connectivity index (χ3v) is 5.73. The third-order valence-electron chi connectivity index (χ3n) is 4.90. The number of ether oxygens (including phenoxy) is 1. The molecule has 2 aliphatic rings. The van der Waals surface area contributed by atoms with Gasteiger partial charge in [0.1, 0.15) is 5.54 Å². The Kier molecular flexibility index (Phi) is 3.15. The van der Waals surface area contributed by atoms with Gasteiger partial charge >= 0.3 is 0 Å². The first-order chi connectivity index (χ1) is 9.37. The van der Waals surface area contributed by atoms with Gasteiger partial charge in [0.25, 0.3) is 0 Å². The molecule has 1 saturated heterocycles. The highest BCUT2D eigenvalue weighted by Gasteiger charge is 2.70. The van der Waals surface area contributed by atoms with Crippen LogP contribution in [0.3, 0.4) is 0 Å². The van der Waals surface area contributed by atoms with Gasteiger partial charge in [-0.15, -0.1) is 11.3 Å². The molecule has 0 spiro atoms. The van der Waals surface area contributed by atoms with Crippen molar-refractivity contribution in [1.29, 1.82) is 0 Å². The molecule has 3 rings (SSSR count). The van der Waals surface area contributed by atoms with E-state index >= 15 is 0 Å². The molecular weight excluding hydrogens is 274 g/mol. The first-order valence-corrected chi connectivity index (χ1v) is 7.83. The number of carbonyl (C=O) groups excluding carboxylic acids is 1. The average Bonchev–Trinajstić information content (AvgIpc) is 2.83. The van der Waals surface area contributed by atoms with Gasteiger partial charge in [0.15, 0.2) is 5.13 Å². The van der Waals surface area contributed by atoms with Gasteiger partial charge in [0.2, 0.25) is 5.91 Å². The highest BCUT2D eigenvalue weighted by Crippen LogP contribution is 2.57. The Morgan fingerprint density at radius 2 is 2.35 bits per heavy atom. The number of fused-ring (bicyclic) bond motifs is 1. The van der Waals surface area contributed by atoms with E-state index in [0.29, 0.717) is 5.13 Å². The Labute approximate surface area is 122 Å². The highest BCUT2D eigenvalue weighted by atomic mass is 32.1. The maximum Gasteiger partial charge on any atom is 0.247 e. The smallest absolute Gasteiger partial charge is 0.247 e. The lowest BCUT2D eigenvalue weighted by Crippen LogP contribution is -2.81. The van der Waals surface area contributed by atoms with Crippen LogP contribution >= 0.6 is 11.3 Å². The van der Waals surface area contributed by atoms with Crippen LogP contribution in [0.1, 0.15) is 31.6 Å². The topological polar surface area (TPSA) is 77.2 Å². The molecule has 1 saturated carbocycles. The summed E-state index contributed by atoms with van der Waals surface area (Å²) in [6.07, 6.45) is 3.77. The minimum absolute atomic E-state index is 0.0880. The number of anilines is 1. The van der Waals surface area contributed by atoms with E-state index in [1.54, 1.807) is 6.20 Å². The van der Waals surface area contributed by atoms with Gasteiger partial charge in [-0.1, -0.05) is 13.8 Å². The molecule has 3 N–H and O–H groups in total. The van der Waals surface area contributed by atoms with Crippen molar-refractivity contribution in [3.63, 3.8) is 0 Å². The Balaban J connectivity index is 1.82. The second-order valence-electron chi connectivity index (χ2n) is 6.36. The van der Waals surface area contributed by atoms with Gasteiger partial charge in [-0.25, -0.2) is 4.98 Å². The summed E-state index contributed by atoms with van der Waals surface area (Å²) in [7, 11) is 0. The standard InChI is InChI=1S/C14H21N3O2S/c1-8-7-16-12(20-8)17-11(18)14(15)9-5-4-6-19-10(9)13(14,2)3/h7,9-10H,4-6,15H2,1-3H3,(H,16,17,18). The van der Waals surface area contributed by atoms with Crippen LogP contribution in [-0.4, -0.2) is 29.1 Å². The number of nitrogens with two attached hydrogens (primary N) is 1. The highest BCUT2D eigenvalue weighted by molar-refractivity contribution is 7.15. The summed E-state index contributed by atoms with van der Waals surface area (Å²) in [4.78, 5) is 17.9. The summed E-state index contributed by atoms with van der Waals surface area (Å²) in [6.45, 7) is 6.77. The van der Waals surface area contributed by atoms with Gasteiger partial charge in [-0.05, 0) is 19.8 Å². The fourth-order valence-corrected chi connectivity index (χ4v) is 4.31. The molecule has 1 aliphatic carbocycles. The molecule has 2 heterocycles. The van der Waals surface area contributed by atoms with Crippen LogP contribution in [0, 0.1) is 18.3 Å². The van der Waals surface area contributed by atoms with E-state index in [9.17, 15) is 4.79 Å². The number of hydrogen-bond donors (Lipinski definition) is 2. The summed E-state index contributed by atoms with van der Waals surface area (Å²) in [5.74, 6) is -0.0316. The zero-order valence-electron chi connectivity index (χ0n) is 12.1. The number of rotatable bonds is 2. The Morgan fingerprint density at radius 3 is 3.00 bits per heavy atom. The number of amides is 1. The van der Waals surface area contributed by atoms with Gasteiger partial charge < -0.3 is 15.8 Å². The lowest BCUT2D eigenvalue weighted by Gasteiger charge is -2.64.